The van der Waals surface area contributed by atoms with Crippen LogP contribution in [-0.4, -0.2) is 26.7 Å². The third kappa shape index (κ3) is 3.64. The van der Waals surface area contributed by atoms with E-state index >= 15 is 0 Å². The fourth-order valence-corrected chi connectivity index (χ4v) is 3.90. The number of hydrogen-bond acceptors (Lipinski definition) is 4. The van der Waals surface area contributed by atoms with Crippen LogP contribution in [-0.2, 0) is 19.4 Å². The van der Waals surface area contributed by atoms with Crippen molar-refractivity contribution in [3.8, 4) is 0 Å². The predicted molar refractivity (Wildman–Crippen MR) is 97.8 cm³/mol. The molecular formula is C19H20N4OS. The number of benzene rings is 1. The fraction of sp³-hybridized carbons (Fsp3) is 0.316. The average Bonchev–Trinajstić information content (AvgIpc) is 3.25. The molecule has 0 spiro atoms. The maximum Gasteiger partial charge on any atom is 0.252 e. The van der Waals surface area contributed by atoms with Gasteiger partial charge in [0.1, 0.15) is 11.6 Å². The van der Waals surface area contributed by atoms with Gasteiger partial charge in [0.05, 0.1) is 0 Å². The number of thiophene rings is 1. The summed E-state index contributed by atoms with van der Waals surface area (Å²) >= 11 is 1.54. The van der Waals surface area contributed by atoms with Gasteiger partial charge in [0.2, 0.25) is 0 Å². The van der Waals surface area contributed by atoms with E-state index < -0.39 is 0 Å². The van der Waals surface area contributed by atoms with Gasteiger partial charge in [0, 0.05) is 36.4 Å². The van der Waals surface area contributed by atoms with Crippen LogP contribution in [0.2, 0.25) is 0 Å². The highest BCUT2D eigenvalue weighted by Gasteiger charge is 2.22. The lowest BCUT2D eigenvalue weighted by atomic mass is 10.1. The third-order valence-electron chi connectivity index (χ3n) is 4.65. The number of carbonyl (C=O) groups is 1. The molecule has 1 atom stereocenters. The molecule has 1 amide bonds. The van der Waals surface area contributed by atoms with Gasteiger partial charge in [-0.05, 0) is 29.9 Å². The number of hydrogen-bond donors (Lipinski definition) is 1. The van der Waals surface area contributed by atoms with Crippen molar-refractivity contribution in [1.82, 2.24) is 20.1 Å². The van der Waals surface area contributed by atoms with Gasteiger partial charge in [-0.1, -0.05) is 30.3 Å². The summed E-state index contributed by atoms with van der Waals surface area (Å²) in [5.41, 5.74) is 1.99. The van der Waals surface area contributed by atoms with Crippen LogP contribution in [0.4, 0.5) is 0 Å². The van der Waals surface area contributed by atoms with Gasteiger partial charge < -0.3 is 9.88 Å². The molecule has 0 radical (unpaired) electrons. The minimum atomic E-state index is 0.0217. The molecule has 0 saturated carbocycles. The zero-order valence-electron chi connectivity index (χ0n) is 13.9. The molecule has 0 fully saturated rings. The first-order chi connectivity index (χ1) is 12.3. The standard InChI is InChI=1S/C19H20N4OS/c24-19(15-9-11-25-13-15)20-16-6-7-17-21-22-18(23(17)10-8-16)12-14-4-2-1-3-5-14/h1-5,9,11,13,16H,6-8,10,12H2,(H,20,24). The summed E-state index contributed by atoms with van der Waals surface area (Å²) in [6.07, 6.45) is 3.44. The lowest BCUT2D eigenvalue weighted by Gasteiger charge is -2.15. The number of fused-ring (bicyclic) bond motifs is 1. The Balaban J connectivity index is 1.43. The van der Waals surface area contributed by atoms with Crippen molar-refractivity contribution in [3.05, 3.63) is 69.9 Å². The molecule has 2 aromatic heterocycles. The number of aromatic nitrogens is 3. The molecule has 0 saturated heterocycles. The normalized spacial score (nSPS) is 16.9. The number of carbonyl (C=O) groups excluding carboxylic acids is 1. The third-order valence-corrected chi connectivity index (χ3v) is 5.33. The fourth-order valence-electron chi connectivity index (χ4n) is 3.26. The molecule has 128 valence electrons. The number of rotatable bonds is 4. The largest absolute Gasteiger partial charge is 0.349 e. The molecule has 1 aliphatic rings. The zero-order chi connectivity index (χ0) is 17.1. The van der Waals surface area contributed by atoms with E-state index in [2.05, 4.69) is 32.2 Å². The molecule has 1 aliphatic heterocycles. The number of amides is 1. The first-order valence-electron chi connectivity index (χ1n) is 8.57. The van der Waals surface area contributed by atoms with E-state index in [1.165, 1.54) is 5.56 Å². The minimum Gasteiger partial charge on any atom is -0.349 e. The highest BCUT2D eigenvalue weighted by atomic mass is 32.1. The molecule has 0 aliphatic carbocycles. The molecule has 1 aromatic carbocycles. The predicted octanol–water partition coefficient (Wildman–Crippen LogP) is 3.07. The second kappa shape index (κ2) is 7.19. The van der Waals surface area contributed by atoms with Crippen LogP contribution in [0.15, 0.2) is 47.2 Å². The molecular weight excluding hydrogens is 332 g/mol. The number of aryl methyl sites for hydroxylation is 1. The van der Waals surface area contributed by atoms with Gasteiger partial charge in [-0.3, -0.25) is 4.79 Å². The Bertz CT molecular complexity index is 842. The second-order valence-electron chi connectivity index (χ2n) is 6.36. The molecule has 3 aromatic rings. The molecule has 0 bridgehead atoms. The highest BCUT2D eigenvalue weighted by molar-refractivity contribution is 7.08. The summed E-state index contributed by atoms with van der Waals surface area (Å²) < 4.78 is 2.23. The first kappa shape index (κ1) is 16.0. The number of nitrogens with zero attached hydrogens (tertiary/aromatic N) is 3. The Kier molecular flexibility index (Phi) is 4.61. The Morgan fingerprint density at radius 1 is 1.20 bits per heavy atom. The van der Waals surface area contributed by atoms with Crippen molar-refractivity contribution in [1.29, 1.82) is 0 Å². The zero-order valence-corrected chi connectivity index (χ0v) is 14.7. The van der Waals surface area contributed by atoms with Crippen LogP contribution in [0.25, 0.3) is 0 Å². The van der Waals surface area contributed by atoms with E-state index in [1.54, 1.807) is 11.3 Å². The lowest BCUT2D eigenvalue weighted by molar-refractivity contribution is 0.0933. The molecule has 4 rings (SSSR count). The van der Waals surface area contributed by atoms with Crippen LogP contribution in [0.5, 0.6) is 0 Å². The van der Waals surface area contributed by atoms with Crippen LogP contribution < -0.4 is 5.32 Å². The molecule has 6 heteroatoms. The van der Waals surface area contributed by atoms with Crippen molar-refractivity contribution in [2.75, 3.05) is 0 Å². The van der Waals surface area contributed by atoms with E-state index in [0.717, 1.165) is 49.4 Å². The highest BCUT2D eigenvalue weighted by Crippen LogP contribution is 2.18. The second-order valence-corrected chi connectivity index (χ2v) is 7.14. The maximum atomic E-state index is 12.3. The summed E-state index contributed by atoms with van der Waals surface area (Å²) in [5.74, 6) is 2.05. The van der Waals surface area contributed by atoms with E-state index in [1.807, 2.05) is 35.0 Å². The molecule has 3 heterocycles. The van der Waals surface area contributed by atoms with Gasteiger partial charge in [0.15, 0.2) is 0 Å². The summed E-state index contributed by atoms with van der Waals surface area (Å²) in [4.78, 5) is 12.3. The molecule has 1 unspecified atom stereocenters. The molecule has 1 N–H and O–H groups in total. The lowest BCUT2D eigenvalue weighted by Crippen LogP contribution is -2.35. The Labute approximate surface area is 150 Å². The Hall–Kier alpha value is -2.47. The summed E-state index contributed by atoms with van der Waals surface area (Å²) in [6.45, 7) is 0.846. The van der Waals surface area contributed by atoms with Gasteiger partial charge in [0.25, 0.3) is 5.91 Å². The minimum absolute atomic E-state index is 0.0217. The topological polar surface area (TPSA) is 59.8 Å². The monoisotopic (exact) mass is 352 g/mol. The van der Waals surface area contributed by atoms with Crippen LogP contribution in [0.3, 0.4) is 0 Å². The summed E-state index contributed by atoms with van der Waals surface area (Å²) in [5, 5.41) is 15.7. The van der Waals surface area contributed by atoms with E-state index in [-0.39, 0.29) is 11.9 Å². The quantitative estimate of drug-likeness (QED) is 0.785. The maximum absolute atomic E-state index is 12.3. The number of nitrogens with one attached hydrogen (secondary N) is 1. The van der Waals surface area contributed by atoms with Crippen LogP contribution >= 0.6 is 11.3 Å². The van der Waals surface area contributed by atoms with E-state index in [9.17, 15) is 4.79 Å². The van der Waals surface area contributed by atoms with E-state index in [4.69, 9.17) is 0 Å². The Morgan fingerprint density at radius 3 is 2.88 bits per heavy atom. The summed E-state index contributed by atoms with van der Waals surface area (Å²) in [7, 11) is 0. The smallest absolute Gasteiger partial charge is 0.252 e. The average molecular weight is 352 g/mol. The van der Waals surface area contributed by atoms with Gasteiger partial charge in [-0.25, -0.2) is 0 Å². The molecule has 25 heavy (non-hydrogen) atoms. The van der Waals surface area contributed by atoms with Crippen molar-refractivity contribution < 1.29 is 4.79 Å². The van der Waals surface area contributed by atoms with Gasteiger partial charge in [-0.2, -0.15) is 11.3 Å². The first-order valence-corrected chi connectivity index (χ1v) is 9.52. The van der Waals surface area contributed by atoms with Crippen molar-refractivity contribution in [2.45, 2.75) is 38.3 Å². The summed E-state index contributed by atoms with van der Waals surface area (Å²) in [6, 6.07) is 12.4. The van der Waals surface area contributed by atoms with Crippen LogP contribution in [0.1, 0.15) is 40.4 Å². The van der Waals surface area contributed by atoms with Crippen molar-refractivity contribution in [3.63, 3.8) is 0 Å². The van der Waals surface area contributed by atoms with Crippen molar-refractivity contribution in [2.24, 2.45) is 0 Å². The van der Waals surface area contributed by atoms with Gasteiger partial charge >= 0.3 is 0 Å². The molecule has 5 nitrogen and oxygen atoms in total. The van der Waals surface area contributed by atoms with Crippen LogP contribution in [0, 0.1) is 0 Å². The SMILES string of the molecule is O=C(NC1CCc2nnc(Cc3ccccc3)n2CC1)c1ccsc1. The van der Waals surface area contributed by atoms with Crippen molar-refractivity contribution >= 4 is 17.2 Å². The Morgan fingerprint density at radius 2 is 2.08 bits per heavy atom. The van der Waals surface area contributed by atoms with Gasteiger partial charge in [-0.15, -0.1) is 10.2 Å². The van der Waals surface area contributed by atoms with E-state index in [0.29, 0.717) is 0 Å².